The van der Waals surface area contributed by atoms with E-state index >= 15 is 0 Å². The highest BCUT2D eigenvalue weighted by molar-refractivity contribution is 5.86. The summed E-state index contributed by atoms with van der Waals surface area (Å²) in [6, 6.07) is 27.7. The molecular weight excluding hydrogens is 564 g/mol. The van der Waals surface area contributed by atoms with Crippen molar-refractivity contribution in [1.29, 1.82) is 0 Å². The van der Waals surface area contributed by atoms with Crippen LogP contribution in [0.3, 0.4) is 0 Å². The Morgan fingerprint density at radius 3 is 1.96 bits per heavy atom. The number of amides is 2. The molecule has 0 heterocycles. The fourth-order valence-electron chi connectivity index (χ4n) is 5.24. The first-order valence-electron chi connectivity index (χ1n) is 15.6. The maximum Gasteiger partial charge on any atom is 0.309 e. The Balaban J connectivity index is 1.67. The van der Waals surface area contributed by atoms with E-state index in [2.05, 4.69) is 23.8 Å². The van der Waals surface area contributed by atoms with Gasteiger partial charge in [0.25, 0.3) is 0 Å². The molecule has 45 heavy (non-hydrogen) atoms. The molecule has 0 saturated heterocycles. The van der Waals surface area contributed by atoms with Gasteiger partial charge in [-0.1, -0.05) is 103 Å². The highest BCUT2D eigenvalue weighted by Crippen LogP contribution is 2.21. The normalized spacial score (nSPS) is 13.4. The fourth-order valence-corrected chi connectivity index (χ4v) is 5.24. The summed E-state index contributed by atoms with van der Waals surface area (Å²) < 4.78 is 5.86. The minimum atomic E-state index is -0.690. The van der Waals surface area contributed by atoms with Crippen LogP contribution >= 0.6 is 0 Å². The number of rotatable bonds is 20. The molecule has 7 heteroatoms. The monoisotopic (exact) mass is 610 g/mol. The molecule has 0 aromatic heterocycles. The van der Waals surface area contributed by atoms with E-state index in [1.807, 2.05) is 97.1 Å². The number of hydrogen-bond donors (Lipinski definition) is 3. The fraction of sp³-hybridized carbons (Fsp3) is 0.342. The van der Waals surface area contributed by atoms with Gasteiger partial charge in [-0.15, -0.1) is 13.2 Å². The van der Waals surface area contributed by atoms with Gasteiger partial charge >= 0.3 is 5.97 Å². The molecule has 0 fully saturated rings. The van der Waals surface area contributed by atoms with Gasteiger partial charge in [-0.2, -0.15) is 0 Å². The smallest absolute Gasteiger partial charge is 0.309 e. The van der Waals surface area contributed by atoms with E-state index in [-0.39, 0.29) is 49.8 Å². The molecule has 0 bridgehead atoms. The lowest BCUT2D eigenvalue weighted by Gasteiger charge is -2.24. The predicted molar refractivity (Wildman–Crippen MR) is 178 cm³/mol. The van der Waals surface area contributed by atoms with Crippen molar-refractivity contribution in [1.82, 2.24) is 10.6 Å². The molecule has 3 N–H and O–H groups in total. The van der Waals surface area contributed by atoms with Gasteiger partial charge in [0, 0.05) is 6.42 Å². The minimum absolute atomic E-state index is 0.0436. The molecule has 238 valence electrons. The molecule has 2 amide bonds. The van der Waals surface area contributed by atoms with Gasteiger partial charge in [-0.25, -0.2) is 0 Å². The highest BCUT2D eigenvalue weighted by Gasteiger charge is 2.27. The van der Waals surface area contributed by atoms with E-state index in [0.717, 1.165) is 29.5 Å². The van der Waals surface area contributed by atoms with Crippen molar-refractivity contribution in [2.45, 2.75) is 57.0 Å². The molecule has 3 aromatic carbocycles. The number of esters is 1. The molecule has 0 saturated carbocycles. The molecule has 3 aromatic rings. The number of carbonyl (C=O) groups excluding carboxylic acids is 3. The van der Waals surface area contributed by atoms with Crippen LogP contribution in [0.1, 0.15) is 54.8 Å². The molecule has 0 spiro atoms. The van der Waals surface area contributed by atoms with Crippen molar-refractivity contribution in [3.63, 3.8) is 0 Å². The van der Waals surface area contributed by atoms with E-state index in [0.29, 0.717) is 19.3 Å². The molecule has 0 radical (unpaired) electrons. The summed E-state index contributed by atoms with van der Waals surface area (Å²) in [5.41, 5.74) is 2.84. The number of ether oxygens (including phenoxy) is 1. The Kier molecular flexibility index (Phi) is 15.3. The van der Waals surface area contributed by atoms with Gasteiger partial charge in [0.15, 0.2) is 0 Å². The second kappa shape index (κ2) is 19.7. The van der Waals surface area contributed by atoms with Crippen LogP contribution in [0.25, 0.3) is 0 Å². The van der Waals surface area contributed by atoms with Gasteiger partial charge in [0.1, 0.15) is 6.61 Å². The van der Waals surface area contributed by atoms with Gasteiger partial charge in [0.2, 0.25) is 11.8 Å². The third-order valence-electron chi connectivity index (χ3n) is 7.69. The van der Waals surface area contributed by atoms with Crippen LogP contribution in [-0.2, 0) is 32.0 Å². The average molecular weight is 611 g/mol. The number of aliphatic hydroxyl groups is 1. The maximum atomic E-state index is 13.6. The molecule has 4 atom stereocenters. The minimum Gasteiger partial charge on any atom is -0.463 e. The highest BCUT2D eigenvalue weighted by atomic mass is 16.5. The average Bonchev–Trinajstić information content (AvgIpc) is 3.06. The van der Waals surface area contributed by atoms with E-state index < -0.39 is 18.0 Å². The summed E-state index contributed by atoms with van der Waals surface area (Å²) in [5, 5.41) is 15.7. The predicted octanol–water partition coefficient (Wildman–Crippen LogP) is 5.90. The third-order valence-corrected chi connectivity index (χ3v) is 7.69. The van der Waals surface area contributed by atoms with Crippen molar-refractivity contribution >= 4 is 17.8 Å². The molecule has 0 aliphatic carbocycles. The topological polar surface area (TPSA) is 105 Å². The molecule has 0 unspecified atom stereocenters. The number of unbranched alkanes of at least 4 members (excludes halogenated alkanes) is 1. The zero-order chi connectivity index (χ0) is 32.3. The summed E-state index contributed by atoms with van der Waals surface area (Å²) >= 11 is 0. The van der Waals surface area contributed by atoms with Crippen LogP contribution in [0, 0.1) is 11.8 Å². The number of allylic oxidation sites excluding steroid dienone is 2. The molecule has 0 aliphatic rings. The summed E-state index contributed by atoms with van der Waals surface area (Å²) in [6.07, 6.45) is 7.00. The first kappa shape index (κ1) is 35.0. The Morgan fingerprint density at radius 2 is 1.38 bits per heavy atom. The summed E-state index contributed by atoms with van der Waals surface area (Å²) in [6.45, 7) is 7.30. The quantitative estimate of drug-likeness (QED) is 0.0839. The first-order chi connectivity index (χ1) is 21.9. The Labute approximate surface area is 267 Å². The van der Waals surface area contributed by atoms with Gasteiger partial charge in [0.05, 0.1) is 30.5 Å². The van der Waals surface area contributed by atoms with Crippen LogP contribution < -0.4 is 10.6 Å². The first-order valence-corrected chi connectivity index (χ1v) is 15.6. The van der Waals surface area contributed by atoms with Crippen LogP contribution in [0.4, 0.5) is 0 Å². The van der Waals surface area contributed by atoms with Crippen molar-refractivity contribution < 1.29 is 24.2 Å². The van der Waals surface area contributed by atoms with E-state index in [9.17, 15) is 19.5 Å². The second-order valence-corrected chi connectivity index (χ2v) is 11.3. The van der Waals surface area contributed by atoms with Gasteiger partial charge in [-0.3, -0.25) is 14.4 Å². The summed E-state index contributed by atoms with van der Waals surface area (Å²) in [4.78, 5) is 39.9. The van der Waals surface area contributed by atoms with E-state index in [1.54, 1.807) is 6.08 Å². The number of carbonyl (C=O) groups is 3. The SMILES string of the molecule is C=CCCC[C@H](Cc1ccccc1)C(=O)OC[C@@H](NC(=O)[C@H](CC=C)CC(=O)N[C@@H](CO)Cc1ccccc1)c1ccccc1. The van der Waals surface area contributed by atoms with Crippen molar-refractivity contribution in [2.75, 3.05) is 13.2 Å². The van der Waals surface area contributed by atoms with Crippen LogP contribution in [0.15, 0.2) is 116 Å². The van der Waals surface area contributed by atoms with Crippen LogP contribution in [-0.4, -0.2) is 42.1 Å². The van der Waals surface area contributed by atoms with Crippen molar-refractivity contribution in [2.24, 2.45) is 11.8 Å². The second-order valence-electron chi connectivity index (χ2n) is 11.3. The number of benzene rings is 3. The van der Waals surface area contributed by atoms with Crippen LogP contribution in [0.5, 0.6) is 0 Å². The molecule has 3 rings (SSSR count). The largest absolute Gasteiger partial charge is 0.463 e. The van der Waals surface area contributed by atoms with E-state index in [1.165, 1.54) is 0 Å². The molecule has 7 nitrogen and oxygen atoms in total. The standard InChI is InChI=1S/C38H46N2O5/c1-3-5-9-23-33(24-29-17-10-6-11-18-29)38(44)45-28-35(31-21-14-8-15-22-31)40-37(43)32(16-4-2)26-36(42)39-34(27-41)25-30-19-12-7-13-20-30/h3-4,6-8,10-15,17-22,32-35,41H,1-2,5,9,16,23-28H2,(H,39,42)(H,40,43)/t32-,33-,34-,35-/m1/s1. The lowest BCUT2D eigenvalue weighted by Crippen LogP contribution is -2.42. The summed E-state index contributed by atoms with van der Waals surface area (Å²) in [5.74, 6) is -2.01. The van der Waals surface area contributed by atoms with E-state index in [4.69, 9.17) is 4.74 Å². The zero-order valence-electron chi connectivity index (χ0n) is 26.0. The van der Waals surface area contributed by atoms with Crippen molar-refractivity contribution in [3.05, 3.63) is 133 Å². The van der Waals surface area contributed by atoms with Crippen LogP contribution in [0.2, 0.25) is 0 Å². The lowest BCUT2D eigenvalue weighted by molar-refractivity contribution is -0.150. The molecule has 0 aliphatic heterocycles. The van der Waals surface area contributed by atoms with Gasteiger partial charge < -0.3 is 20.5 Å². The number of nitrogens with one attached hydrogen (secondary N) is 2. The Morgan fingerprint density at radius 1 is 0.778 bits per heavy atom. The lowest BCUT2D eigenvalue weighted by atomic mass is 9.94. The number of hydrogen-bond acceptors (Lipinski definition) is 5. The molecular formula is C38H46N2O5. The Bertz CT molecular complexity index is 1330. The number of aliphatic hydroxyl groups excluding tert-OH is 1. The Hall–Kier alpha value is -4.49. The van der Waals surface area contributed by atoms with Crippen molar-refractivity contribution in [3.8, 4) is 0 Å². The zero-order valence-corrected chi connectivity index (χ0v) is 26.0. The van der Waals surface area contributed by atoms with Gasteiger partial charge in [-0.05, 0) is 55.2 Å². The summed E-state index contributed by atoms with van der Waals surface area (Å²) in [7, 11) is 0. The third kappa shape index (κ3) is 12.6. The maximum absolute atomic E-state index is 13.6.